The lowest BCUT2D eigenvalue weighted by atomic mass is 10.2. The van der Waals surface area contributed by atoms with Crippen LogP contribution in [-0.2, 0) is 9.53 Å². The Morgan fingerprint density at radius 3 is 2.82 bits per heavy atom. The van der Waals surface area contributed by atoms with Crippen molar-refractivity contribution in [1.29, 1.82) is 0 Å². The zero-order valence-electron chi connectivity index (χ0n) is 10.1. The summed E-state index contributed by atoms with van der Waals surface area (Å²) in [6, 6.07) is 0.224. The molecule has 2 heterocycles. The van der Waals surface area contributed by atoms with Crippen molar-refractivity contribution in [3.05, 3.63) is 0 Å². The van der Waals surface area contributed by atoms with E-state index in [4.69, 9.17) is 10.5 Å². The van der Waals surface area contributed by atoms with Gasteiger partial charge < -0.3 is 15.4 Å². The van der Waals surface area contributed by atoms with Crippen LogP contribution in [0.1, 0.15) is 0 Å². The van der Waals surface area contributed by atoms with Crippen LogP contribution in [0.2, 0.25) is 0 Å². The second kappa shape index (κ2) is 6.58. The molecule has 0 saturated carbocycles. The van der Waals surface area contributed by atoms with Crippen LogP contribution in [0.25, 0.3) is 0 Å². The molecular weight excluding hydrogens is 238 g/mol. The molecule has 0 aromatic heterocycles. The summed E-state index contributed by atoms with van der Waals surface area (Å²) in [5.41, 5.74) is 5.72. The van der Waals surface area contributed by atoms with Gasteiger partial charge in [0.2, 0.25) is 5.91 Å². The monoisotopic (exact) mass is 259 g/mol. The van der Waals surface area contributed by atoms with E-state index in [1.54, 1.807) is 11.8 Å². The zero-order chi connectivity index (χ0) is 12.1. The first-order valence-electron chi connectivity index (χ1n) is 6.18. The second-order valence-electron chi connectivity index (χ2n) is 4.45. The first kappa shape index (κ1) is 13.1. The number of rotatable bonds is 4. The Morgan fingerprint density at radius 2 is 2.12 bits per heavy atom. The van der Waals surface area contributed by atoms with Crippen LogP contribution in [0.4, 0.5) is 0 Å². The molecule has 5 nitrogen and oxygen atoms in total. The summed E-state index contributed by atoms with van der Waals surface area (Å²) >= 11 is 1.70. The minimum atomic E-state index is 0.224. The summed E-state index contributed by atoms with van der Waals surface area (Å²) in [6.07, 6.45) is 0. The summed E-state index contributed by atoms with van der Waals surface area (Å²) in [6.45, 7) is 5.89. The first-order valence-corrected chi connectivity index (χ1v) is 7.34. The van der Waals surface area contributed by atoms with Crippen molar-refractivity contribution < 1.29 is 9.53 Å². The third kappa shape index (κ3) is 3.58. The van der Waals surface area contributed by atoms with Gasteiger partial charge in [0.1, 0.15) is 0 Å². The number of morpholine rings is 1. The Labute approximate surface area is 107 Å². The molecule has 0 aromatic rings. The normalized spacial score (nSPS) is 27.5. The molecule has 2 saturated heterocycles. The Balaban J connectivity index is 1.80. The van der Waals surface area contributed by atoms with E-state index < -0.39 is 0 Å². The van der Waals surface area contributed by atoms with Crippen LogP contribution in [0.3, 0.4) is 0 Å². The number of amides is 1. The van der Waals surface area contributed by atoms with Gasteiger partial charge in [0, 0.05) is 38.5 Å². The highest BCUT2D eigenvalue weighted by atomic mass is 32.2. The molecule has 0 bridgehead atoms. The van der Waals surface area contributed by atoms with Crippen molar-refractivity contribution >= 4 is 17.7 Å². The maximum Gasteiger partial charge on any atom is 0.232 e. The molecule has 2 N–H and O–H groups in total. The van der Waals surface area contributed by atoms with E-state index in [2.05, 4.69) is 4.90 Å². The van der Waals surface area contributed by atoms with Gasteiger partial charge in [-0.1, -0.05) is 0 Å². The first-order chi connectivity index (χ1) is 8.31. The summed E-state index contributed by atoms with van der Waals surface area (Å²) in [5.74, 6) is 1.83. The molecule has 0 aromatic carbocycles. The molecule has 0 spiro atoms. The highest BCUT2D eigenvalue weighted by Crippen LogP contribution is 2.16. The van der Waals surface area contributed by atoms with E-state index in [0.717, 1.165) is 45.1 Å². The minimum Gasteiger partial charge on any atom is -0.379 e. The van der Waals surface area contributed by atoms with Gasteiger partial charge in [0.15, 0.2) is 0 Å². The largest absolute Gasteiger partial charge is 0.379 e. The molecule has 2 aliphatic heterocycles. The van der Waals surface area contributed by atoms with E-state index in [0.29, 0.717) is 12.3 Å². The van der Waals surface area contributed by atoms with Crippen LogP contribution in [0.5, 0.6) is 0 Å². The van der Waals surface area contributed by atoms with Crippen molar-refractivity contribution in [2.24, 2.45) is 5.73 Å². The van der Waals surface area contributed by atoms with Crippen LogP contribution < -0.4 is 5.73 Å². The predicted octanol–water partition coefficient (Wildman–Crippen LogP) is -0.779. The van der Waals surface area contributed by atoms with E-state index in [1.165, 1.54) is 0 Å². The maximum absolute atomic E-state index is 11.8. The van der Waals surface area contributed by atoms with Gasteiger partial charge in [0.05, 0.1) is 25.0 Å². The number of nitrogens with two attached hydrogens (primary N) is 1. The zero-order valence-corrected chi connectivity index (χ0v) is 11.0. The van der Waals surface area contributed by atoms with Gasteiger partial charge in [-0.3, -0.25) is 9.69 Å². The van der Waals surface area contributed by atoms with Crippen LogP contribution >= 0.6 is 11.8 Å². The Kier molecular flexibility index (Phi) is 5.09. The van der Waals surface area contributed by atoms with Crippen molar-refractivity contribution in [2.75, 3.05) is 57.4 Å². The van der Waals surface area contributed by atoms with Gasteiger partial charge in [-0.05, 0) is 0 Å². The van der Waals surface area contributed by atoms with Crippen molar-refractivity contribution in [3.63, 3.8) is 0 Å². The average molecular weight is 259 g/mol. The van der Waals surface area contributed by atoms with Gasteiger partial charge in [-0.2, -0.15) is 0 Å². The van der Waals surface area contributed by atoms with Gasteiger partial charge >= 0.3 is 0 Å². The Hall–Kier alpha value is -0.300. The van der Waals surface area contributed by atoms with Gasteiger partial charge in [0.25, 0.3) is 0 Å². The molecule has 17 heavy (non-hydrogen) atoms. The highest BCUT2D eigenvalue weighted by molar-refractivity contribution is 8.00. The van der Waals surface area contributed by atoms with Crippen molar-refractivity contribution in [2.45, 2.75) is 6.04 Å². The molecule has 6 heteroatoms. The summed E-state index contributed by atoms with van der Waals surface area (Å²) in [5, 5.41) is 0. The SMILES string of the molecule is NCC1CSCC(=O)N1CCN1CCOCC1. The van der Waals surface area contributed by atoms with E-state index in [-0.39, 0.29) is 11.9 Å². The van der Waals surface area contributed by atoms with Gasteiger partial charge in [-0.15, -0.1) is 11.8 Å². The lowest BCUT2D eigenvalue weighted by Gasteiger charge is -2.36. The van der Waals surface area contributed by atoms with Crippen LogP contribution in [0.15, 0.2) is 0 Å². The minimum absolute atomic E-state index is 0.224. The van der Waals surface area contributed by atoms with Crippen LogP contribution in [-0.4, -0.2) is 79.2 Å². The third-order valence-corrected chi connectivity index (χ3v) is 4.40. The smallest absolute Gasteiger partial charge is 0.232 e. The summed E-state index contributed by atoms with van der Waals surface area (Å²) in [7, 11) is 0. The average Bonchev–Trinajstić information content (AvgIpc) is 2.38. The van der Waals surface area contributed by atoms with E-state index in [9.17, 15) is 4.79 Å². The van der Waals surface area contributed by atoms with Crippen molar-refractivity contribution in [1.82, 2.24) is 9.80 Å². The lowest BCUT2D eigenvalue weighted by molar-refractivity contribution is -0.130. The fourth-order valence-electron chi connectivity index (χ4n) is 2.24. The number of carbonyl (C=O) groups is 1. The van der Waals surface area contributed by atoms with E-state index >= 15 is 0 Å². The molecule has 2 aliphatic rings. The fraction of sp³-hybridized carbons (Fsp3) is 0.909. The third-order valence-electron chi connectivity index (χ3n) is 3.33. The quantitative estimate of drug-likeness (QED) is 0.718. The molecule has 0 aliphatic carbocycles. The lowest BCUT2D eigenvalue weighted by Crippen LogP contribution is -2.53. The molecule has 1 amide bonds. The number of carbonyl (C=O) groups excluding carboxylic acids is 1. The number of hydrogen-bond acceptors (Lipinski definition) is 5. The molecule has 1 unspecified atom stereocenters. The van der Waals surface area contributed by atoms with Crippen molar-refractivity contribution in [3.8, 4) is 0 Å². The molecular formula is C11H21N3O2S. The molecule has 98 valence electrons. The standard InChI is InChI=1S/C11H21N3O2S/c12-7-10-8-17-9-11(15)14(10)2-1-13-3-5-16-6-4-13/h10H,1-9,12H2. The predicted molar refractivity (Wildman–Crippen MR) is 69.1 cm³/mol. The van der Waals surface area contributed by atoms with E-state index in [1.807, 2.05) is 4.90 Å². The highest BCUT2D eigenvalue weighted by Gasteiger charge is 2.27. The number of nitrogens with zero attached hydrogens (tertiary/aromatic N) is 2. The topological polar surface area (TPSA) is 58.8 Å². The Bertz CT molecular complexity index is 259. The molecule has 1 atom stereocenters. The van der Waals surface area contributed by atoms with Gasteiger partial charge in [-0.25, -0.2) is 0 Å². The maximum atomic E-state index is 11.8. The number of thioether (sulfide) groups is 1. The summed E-state index contributed by atoms with van der Waals surface area (Å²) < 4.78 is 5.31. The molecule has 2 rings (SSSR count). The number of ether oxygens (including phenoxy) is 1. The molecule has 0 radical (unpaired) electrons. The van der Waals surface area contributed by atoms with Crippen LogP contribution in [0, 0.1) is 0 Å². The summed E-state index contributed by atoms with van der Waals surface area (Å²) in [4.78, 5) is 16.2. The fourth-order valence-corrected chi connectivity index (χ4v) is 3.28. The Morgan fingerprint density at radius 1 is 1.35 bits per heavy atom. The second-order valence-corrected chi connectivity index (χ2v) is 5.48. The molecule has 2 fully saturated rings. The number of hydrogen-bond donors (Lipinski definition) is 1.